The molecule has 0 aromatic heterocycles. The molecule has 19 heavy (non-hydrogen) atoms. The molecular formula is C12H21N3O4. The van der Waals surface area contributed by atoms with Gasteiger partial charge in [-0.25, -0.2) is 4.79 Å². The molecule has 1 unspecified atom stereocenters. The number of rotatable bonds is 6. The summed E-state index contributed by atoms with van der Waals surface area (Å²) in [5, 5.41) is 11.4. The zero-order chi connectivity index (χ0) is 14.3. The van der Waals surface area contributed by atoms with E-state index in [0.717, 1.165) is 13.1 Å². The van der Waals surface area contributed by atoms with Gasteiger partial charge in [0.15, 0.2) is 0 Å². The predicted octanol–water partition coefficient (Wildman–Crippen LogP) is -0.401. The molecule has 1 saturated heterocycles. The van der Waals surface area contributed by atoms with Crippen molar-refractivity contribution in [1.29, 1.82) is 0 Å². The molecule has 1 fully saturated rings. The van der Waals surface area contributed by atoms with E-state index in [-0.39, 0.29) is 19.2 Å². The van der Waals surface area contributed by atoms with Crippen LogP contribution in [0.3, 0.4) is 0 Å². The lowest BCUT2D eigenvalue weighted by molar-refractivity contribution is -0.137. The normalized spacial score (nSPS) is 19.7. The number of amides is 2. The summed E-state index contributed by atoms with van der Waals surface area (Å²) in [6, 6.07) is -0.417. The first-order chi connectivity index (χ1) is 9.02. The number of aliphatic carboxylic acids is 1. The van der Waals surface area contributed by atoms with E-state index in [1.165, 1.54) is 11.0 Å². The Morgan fingerprint density at radius 3 is 2.95 bits per heavy atom. The van der Waals surface area contributed by atoms with E-state index in [9.17, 15) is 9.59 Å². The number of morpholine rings is 1. The molecule has 0 saturated carbocycles. The first kappa shape index (κ1) is 15.5. The molecule has 0 aromatic rings. The lowest BCUT2D eigenvalue weighted by Crippen LogP contribution is -2.49. The van der Waals surface area contributed by atoms with E-state index < -0.39 is 12.0 Å². The third-order valence-electron chi connectivity index (χ3n) is 2.79. The molecular weight excluding hydrogens is 250 g/mol. The van der Waals surface area contributed by atoms with Crippen LogP contribution in [0.5, 0.6) is 0 Å². The number of nitrogens with zero attached hydrogens (tertiary/aromatic N) is 2. The summed E-state index contributed by atoms with van der Waals surface area (Å²) in [5.74, 6) is -1.05. The van der Waals surface area contributed by atoms with E-state index in [1.807, 2.05) is 7.05 Å². The zero-order valence-electron chi connectivity index (χ0n) is 11.2. The highest BCUT2D eigenvalue weighted by Crippen LogP contribution is 2.02. The van der Waals surface area contributed by atoms with Crippen molar-refractivity contribution in [3.8, 4) is 0 Å². The first-order valence-electron chi connectivity index (χ1n) is 6.18. The lowest BCUT2D eigenvalue weighted by atomic mass is 10.3. The number of nitrogens with one attached hydrogen (secondary N) is 1. The van der Waals surface area contributed by atoms with Crippen LogP contribution in [0.25, 0.3) is 0 Å². The molecule has 1 atom stereocenters. The van der Waals surface area contributed by atoms with Crippen LogP contribution in [0.1, 0.15) is 0 Å². The van der Waals surface area contributed by atoms with Crippen LogP contribution in [0.4, 0.5) is 4.79 Å². The summed E-state index contributed by atoms with van der Waals surface area (Å²) in [5.41, 5.74) is 0. The molecule has 2 amide bonds. The van der Waals surface area contributed by atoms with Crippen molar-refractivity contribution in [2.24, 2.45) is 0 Å². The van der Waals surface area contributed by atoms with Gasteiger partial charge in [0.25, 0.3) is 0 Å². The third kappa shape index (κ3) is 5.71. The fourth-order valence-corrected chi connectivity index (χ4v) is 1.84. The molecule has 7 heteroatoms. The highest BCUT2D eigenvalue weighted by molar-refractivity contribution is 5.80. The van der Waals surface area contributed by atoms with Crippen LogP contribution in [0, 0.1) is 0 Å². The Morgan fingerprint density at radius 1 is 1.63 bits per heavy atom. The third-order valence-corrected chi connectivity index (χ3v) is 2.79. The maximum atomic E-state index is 11.8. The van der Waals surface area contributed by atoms with Crippen molar-refractivity contribution < 1.29 is 19.4 Å². The molecule has 1 aliphatic rings. The van der Waals surface area contributed by atoms with Gasteiger partial charge in [0.2, 0.25) is 0 Å². The molecule has 1 aliphatic heterocycles. The van der Waals surface area contributed by atoms with Gasteiger partial charge in [-0.2, -0.15) is 0 Å². The van der Waals surface area contributed by atoms with Crippen molar-refractivity contribution in [3.63, 3.8) is 0 Å². The molecule has 0 radical (unpaired) electrons. The number of ether oxygens (including phenoxy) is 1. The maximum absolute atomic E-state index is 11.8. The number of likely N-dealkylation sites (N-methyl/N-ethyl adjacent to an activating group) is 1. The van der Waals surface area contributed by atoms with Gasteiger partial charge in [-0.15, -0.1) is 6.58 Å². The second-order valence-corrected chi connectivity index (χ2v) is 4.50. The minimum atomic E-state index is -1.05. The summed E-state index contributed by atoms with van der Waals surface area (Å²) < 4.78 is 5.51. The summed E-state index contributed by atoms with van der Waals surface area (Å²) in [6.45, 7) is 6.00. The van der Waals surface area contributed by atoms with E-state index in [4.69, 9.17) is 9.84 Å². The highest BCUT2D eigenvalue weighted by Gasteiger charge is 2.20. The second kappa shape index (κ2) is 7.75. The van der Waals surface area contributed by atoms with E-state index in [0.29, 0.717) is 13.2 Å². The van der Waals surface area contributed by atoms with Gasteiger partial charge in [-0.05, 0) is 7.05 Å². The first-order valence-corrected chi connectivity index (χ1v) is 6.18. The fourth-order valence-electron chi connectivity index (χ4n) is 1.84. The van der Waals surface area contributed by atoms with E-state index >= 15 is 0 Å². The van der Waals surface area contributed by atoms with Crippen LogP contribution >= 0.6 is 0 Å². The van der Waals surface area contributed by atoms with Crippen molar-refractivity contribution >= 4 is 12.0 Å². The van der Waals surface area contributed by atoms with Gasteiger partial charge < -0.3 is 25.0 Å². The molecule has 0 bridgehead atoms. The lowest BCUT2D eigenvalue weighted by Gasteiger charge is -2.30. The average molecular weight is 271 g/mol. The van der Waals surface area contributed by atoms with Crippen molar-refractivity contribution in [2.75, 3.05) is 46.4 Å². The minimum absolute atomic E-state index is 0.0573. The Kier molecular flexibility index (Phi) is 6.31. The largest absolute Gasteiger partial charge is 0.480 e. The standard InChI is InChI=1S/C12H21N3O4/c1-3-4-15(9-11(16)17)12(18)13-7-10-8-14(2)5-6-19-10/h3,10H,1,4-9H2,2H3,(H,13,18)(H,16,17). The van der Waals surface area contributed by atoms with Crippen LogP contribution in [-0.4, -0.2) is 79.4 Å². The Bertz CT molecular complexity index is 335. The summed E-state index contributed by atoms with van der Waals surface area (Å²) in [6.07, 6.45) is 1.44. The number of carboxylic acids is 1. The second-order valence-electron chi connectivity index (χ2n) is 4.50. The van der Waals surface area contributed by atoms with E-state index in [2.05, 4.69) is 16.8 Å². The molecule has 2 N–H and O–H groups in total. The van der Waals surface area contributed by atoms with Gasteiger partial charge in [0, 0.05) is 26.2 Å². The number of urea groups is 1. The van der Waals surface area contributed by atoms with Gasteiger partial charge >= 0.3 is 12.0 Å². The van der Waals surface area contributed by atoms with Gasteiger partial charge in [0.1, 0.15) is 6.54 Å². The molecule has 0 spiro atoms. The molecule has 1 heterocycles. The van der Waals surface area contributed by atoms with Gasteiger partial charge in [-0.3, -0.25) is 4.79 Å². The zero-order valence-corrected chi connectivity index (χ0v) is 11.2. The number of carboxylic acid groups (broad SMARTS) is 1. The van der Waals surface area contributed by atoms with Crippen LogP contribution in [0.2, 0.25) is 0 Å². The SMILES string of the molecule is C=CCN(CC(=O)O)C(=O)NCC1CN(C)CCO1. The number of hydrogen-bond donors (Lipinski definition) is 2. The van der Waals surface area contributed by atoms with Crippen LogP contribution in [0.15, 0.2) is 12.7 Å². The summed E-state index contributed by atoms with van der Waals surface area (Å²) in [4.78, 5) is 25.8. The summed E-state index contributed by atoms with van der Waals surface area (Å²) in [7, 11) is 1.99. The smallest absolute Gasteiger partial charge is 0.323 e. The molecule has 7 nitrogen and oxygen atoms in total. The Morgan fingerprint density at radius 2 is 2.37 bits per heavy atom. The predicted molar refractivity (Wildman–Crippen MR) is 70.0 cm³/mol. The fraction of sp³-hybridized carbons (Fsp3) is 0.667. The van der Waals surface area contributed by atoms with Gasteiger partial charge in [0.05, 0.1) is 12.7 Å². The molecule has 108 valence electrons. The molecule has 0 aromatic carbocycles. The highest BCUT2D eigenvalue weighted by atomic mass is 16.5. The van der Waals surface area contributed by atoms with Crippen LogP contribution in [-0.2, 0) is 9.53 Å². The van der Waals surface area contributed by atoms with E-state index in [1.54, 1.807) is 0 Å². The van der Waals surface area contributed by atoms with Crippen LogP contribution < -0.4 is 5.32 Å². The van der Waals surface area contributed by atoms with Crippen molar-refractivity contribution in [1.82, 2.24) is 15.1 Å². The molecule has 1 rings (SSSR count). The van der Waals surface area contributed by atoms with Gasteiger partial charge in [-0.1, -0.05) is 6.08 Å². The maximum Gasteiger partial charge on any atom is 0.323 e. The number of carbonyl (C=O) groups is 2. The monoisotopic (exact) mass is 271 g/mol. The Hall–Kier alpha value is -1.60. The number of hydrogen-bond acceptors (Lipinski definition) is 4. The Labute approximate surface area is 112 Å². The number of carbonyl (C=O) groups excluding carboxylic acids is 1. The Balaban J connectivity index is 2.38. The minimum Gasteiger partial charge on any atom is -0.480 e. The quantitative estimate of drug-likeness (QED) is 0.642. The topological polar surface area (TPSA) is 82.1 Å². The summed E-state index contributed by atoms with van der Waals surface area (Å²) >= 11 is 0. The average Bonchev–Trinajstić information content (AvgIpc) is 2.35. The van der Waals surface area contributed by atoms with Crippen molar-refractivity contribution in [2.45, 2.75) is 6.10 Å². The van der Waals surface area contributed by atoms with Crippen molar-refractivity contribution in [3.05, 3.63) is 12.7 Å². The molecule has 0 aliphatic carbocycles.